The van der Waals surface area contributed by atoms with Gasteiger partial charge in [0.15, 0.2) is 0 Å². The van der Waals surface area contributed by atoms with Crippen LogP contribution in [0.2, 0.25) is 0 Å². The lowest BCUT2D eigenvalue weighted by molar-refractivity contribution is -0.137. The van der Waals surface area contributed by atoms with Crippen molar-refractivity contribution in [3.63, 3.8) is 0 Å². The van der Waals surface area contributed by atoms with Gasteiger partial charge in [0.2, 0.25) is 0 Å². The Balaban J connectivity index is 2.88. The summed E-state index contributed by atoms with van der Waals surface area (Å²) in [6.07, 6.45) is -3.35. The third kappa shape index (κ3) is 5.51. The van der Waals surface area contributed by atoms with Gasteiger partial charge in [-0.15, -0.1) is 0 Å². The van der Waals surface area contributed by atoms with E-state index >= 15 is 0 Å². The van der Waals surface area contributed by atoms with Crippen LogP contribution in [0.3, 0.4) is 0 Å². The molecule has 1 rings (SSSR count). The monoisotopic (exact) mass is 289 g/mol. The zero-order chi connectivity index (χ0) is 15.2. The van der Waals surface area contributed by atoms with Crippen LogP contribution in [0.4, 0.5) is 13.2 Å². The maximum Gasteiger partial charge on any atom is 0.416 e. The Labute approximate surface area is 118 Å². The number of hydrogen-bond acceptors (Lipinski definition) is 2. The summed E-state index contributed by atoms with van der Waals surface area (Å²) in [5.41, 5.74) is -0.0169. The summed E-state index contributed by atoms with van der Waals surface area (Å²) in [4.78, 5) is 0. The summed E-state index contributed by atoms with van der Waals surface area (Å²) in [6.45, 7) is 6.92. The first-order valence-electron chi connectivity index (χ1n) is 6.86. The fourth-order valence-corrected chi connectivity index (χ4v) is 1.81. The van der Waals surface area contributed by atoms with Crippen LogP contribution < -0.4 is 5.32 Å². The number of alkyl halides is 3. The molecular formula is C15H22F3NO. The van der Waals surface area contributed by atoms with Crippen LogP contribution in [0, 0.1) is 0 Å². The van der Waals surface area contributed by atoms with Crippen molar-refractivity contribution in [3.8, 4) is 0 Å². The lowest BCUT2D eigenvalue weighted by atomic mass is 10.0. The topological polar surface area (TPSA) is 21.3 Å². The molecule has 0 saturated heterocycles. The minimum atomic E-state index is -4.32. The number of nitrogens with one attached hydrogen (secondary N) is 1. The van der Waals surface area contributed by atoms with E-state index in [4.69, 9.17) is 4.74 Å². The van der Waals surface area contributed by atoms with Crippen molar-refractivity contribution >= 4 is 0 Å². The molecule has 1 atom stereocenters. The van der Waals surface area contributed by atoms with E-state index in [1.165, 1.54) is 12.1 Å². The van der Waals surface area contributed by atoms with Gasteiger partial charge in [-0.2, -0.15) is 13.2 Å². The molecule has 1 unspecified atom stereocenters. The van der Waals surface area contributed by atoms with E-state index in [0.29, 0.717) is 12.2 Å². The van der Waals surface area contributed by atoms with E-state index < -0.39 is 11.7 Å². The molecule has 0 amide bonds. The number of rotatable bonds is 7. The van der Waals surface area contributed by atoms with E-state index in [0.717, 1.165) is 19.0 Å². The Bertz CT molecular complexity index is 404. The molecule has 0 saturated carbocycles. The van der Waals surface area contributed by atoms with E-state index in [1.54, 1.807) is 6.07 Å². The highest BCUT2D eigenvalue weighted by Gasteiger charge is 2.31. The second-order valence-electron chi connectivity index (χ2n) is 5.01. The summed E-state index contributed by atoms with van der Waals surface area (Å²) in [5, 5.41) is 3.23. The highest BCUT2D eigenvalue weighted by atomic mass is 19.4. The normalized spacial score (nSPS) is 13.8. The van der Waals surface area contributed by atoms with Crippen molar-refractivity contribution in [2.75, 3.05) is 13.2 Å². The van der Waals surface area contributed by atoms with Gasteiger partial charge in [0.1, 0.15) is 0 Å². The molecule has 0 fully saturated rings. The molecule has 0 aliphatic rings. The highest BCUT2D eigenvalue weighted by Crippen LogP contribution is 2.30. The molecule has 0 bridgehead atoms. The van der Waals surface area contributed by atoms with Gasteiger partial charge in [0.05, 0.1) is 24.3 Å². The molecule has 1 aromatic carbocycles. The predicted molar refractivity (Wildman–Crippen MR) is 73.6 cm³/mol. The zero-order valence-electron chi connectivity index (χ0n) is 12.1. The van der Waals surface area contributed by atoms with Crippen molar-refractivity contribution in [2.45, 2.75) is 45.5 Å². The van der Waals surface area contributed by atoms with Crippen LogP contribution >= 0.6 is 0 Å². The summed E-state index contributed by atoms with van der Waals surface area (Å²) >= 11 is 0. The molecule has 20 heavy (non-hydrogen) atoms. The van der Waals surface area contributed by atoms with Crippen molar-refractivity contribution in [1.29, 1.82) is 0 Å². The van der Waals surface area contributed by atoms with Gasteiger partial charge in [-0.05, 0) is 44.5 Å². The first-order chi connectivity index (χ1) is 9.34. The number of benzene rings is 1. The Kier molecular flexibility index (Phi) is 6.49. The van der Waals surface area contributed by atoms with E-state index in [1.807, 2.05) is 20.8 Å². The molecule has 1 N–H and O–H groups in total. The average Bonchev–Trinajstić information content (AvgIpc) is 2.38. The molecule has 0 spiro atoms. The molecule has 0 radical (unpaired) electrons. The first kappa shape index (κ1) is 17.0. The van der Waals surface area contributed by atoms with Gasteiger partial charge >= 0.3 is 6.18 Å². The third-order valence-electron chi connectivity index (χ3n) is 2.85. The van der Waals surface area contributed by atoms with Crippen LogP contribution in [-0.2, 0) is 10.9 Å². The van der Waals surface area contributed by atoms with Crippen LogP contribution in [0.15, 0.2) is 24.3 Å². The first-order valence-corrected chi connectivity index (χ1v) is 6.86. The molecule has 0 aliphatic heterocycles. The fraction of sp³-hybridized carbons (Fsp3) is 0.600. The fourth-order valence-electron chi connectivity index (χ4n) is 1.81. The summed E-state index contributed by atoms with van der Waals surface area (Å²) in [5.74, 6) is 0. The zero-order valence-corrected chi connectivity index (χ0v) is 12.1. The molecular weight excluding hydrogens is 267 g/mol. The molecule has 1 aromatic rings. The minimum Gasteiger partial charge on any atom is -0.377 e. The van der Waals surface area contributed by atoms with Crippen LogP contribution in [0.1, 0.15) is 44.4 Å². The summed E-state index contributed by atoms with van der Waals surface area (Å²) < 4.78 is 43.8. The summed E-state index contributed by atoms with van der Waals surface area (Å²) in [7, 11) is 0. The van der Waals surface area contributed by atoms with Gasteiger partial charge in [-0.3, -0.25) is 0 Å². The van der Waals surface area contributed by atoms with Crippen LogP contribution in [0.5, 0.6) is 0 Å². The second kappa shape index (κ2) is 7.64. The Hall–Kier alpha value is -1.07. The highest BCUT2D eigenvalue weighted by molar-refractivity contribution is 5.28. The molecule has 5 heteroatoms. The second-order valence-corrected chi connectivity index (χ2v) is 5.01. The van der Waals surface area contributed by atoms with Crippen LogP contribution in [0.25, 0.3) is 0 Å². The molecule has 0 aliphatic carbocycles. The van der Waals surface area contributed by atoms with Crippen molar-refractivity contribution in [3.05, 3.63) is 35.4 Å². The van der Waals surface area contributed by atoms with Crippen molar-refractivity contribution in [2.24, 2.45) is 0 Å². The molecule has 0 heterocycles. The van der Waals surface area contributed by atoms with Crippen molar-refractivity contribution in [1.82, 2.24) is 5.32 Å². The molecule has 114 valence electrons. The molecule has 2 nitrogen and oxygen atoms in total. The summed E-state index contributed by atoms with van der Waals surface area (Å²) in [6, 6.07) is 5.20. The van der Waals surface area contributed by atoms with Gasteiger partial charge < -0.3 is 10.1 Å². The largest absolute Gasteiger partial charge is 0.416 e. The Morgan fingerprint density at radius 3 is 2.50 bits per heavy atom. The van der Waals surface area contributed by atoms with Gasteiger partial charge in [0, 0.05) is 0 Å². The van der Waals surface area contributed by atoms with Crippen molar-refractivity contribution < 1.29 is 17.9 Å². The number of ether oxygens (including phenoxy) is 1. The predicted octanol–water partition coefficient (Wildman–Crippen LogP) is 4.17. The van der Waals surface area contributed by atoms with E-state index in [2.05, 4.69) is 5.32 Å². The lowest BCUT2D eigenvalue weighted by Crippen LogP contribution is -2.27. The Morgan fingerprint density at radius 1 is 1.25 bits per heavy atom. The number of halogens is 3. The van der Waals surface area contributed by atoms with Gasteiger partial charge in [0.25, 0.3) is 0 Å². The SMILES string of the molecule is CCCNC(COC(C)C)c1cccc(C(F)(F)F)c1. The quantitative estimate of drug-likeness (QED) is 0.813. The molecule has 0 aromatic heterocycles. The smallest absolute Gasteiger partial charge is 0.377 e. The number of hydrogen-bond donors (Lipinski definition) is 1. The maximum atomic E-state index is 12.7. The Morgan fingerprint density at radius 2 is 1.95 bits per heavy atom. The average molecular weight is 289 g/mol. The van der Waals surface area contributed by atoms with E-state index in [-0.39, 0.29) is 12.1 Å². The minimum absolute atomic E-state index is 0.0479. The van der Waals surface area contributed by atoms with E-state index in [9.17, 15) is 13.2 Å². The standard InChI is InChI=1S/C15H22F3NO/c1-4-8-19-14(10-20-11(2)3)12-6-5-7-13(9-12)15(16,17)18/h5-7,9,11,14,19H,4,8,10H2,1-3H3. The maximum absolute atomic E-state index is 12.7. The van der Waals surface area contributed by atoms with Gasteiger partial charge in [-0.1, -0.05) is 19.1 Å². The van der Waals surface area contributed by atoms with Crippen LogP contribution in [-0.4, -0.2) is 19.3 Å². The van der Waals surface area contributed by atoms with Gasteiger partial charge in [-0.25, -0.2) is 0 Å². The third-order valence-corrected chi connectivity index (χ3v) is 2.85. The lowest BCUT2D eigenvalue weighted by Gasteiger charge is -2.21.